The summed E-state index contributed by atoms with van der Waals surface area (Å²) in [7, 11) is 0. The average Bonchev–Trinajstić information content (AvgIpc) is 3.18. The molecule has 0 amide bonds. The molecular formula is C20H23FN4OS. The summed E-state index contributed by atoms with van der Waals surface area (Å²) < 4.78 is 21.6. The van der Waals surface area contributed by atoms with Gasteiger partial charge in [-0.15, -0.1) is 11.3 Å². The molecule has 0 aromatic carbocycles. The second-order valence-electron chi connectivity index (χ2n) is 7.20. The van der Waals surface area contributed by atoms with Crippen LogP contribution in [0.2, 0.25) is 0 Å². The molecule has 1 unspecified atom stereocenters. The molecule has 4 heterocycles. The van der Waals surface area contributed by atoms with E-state index >= 15 is 0 Å². The Bertz CT molecular complexity index is 969. The number of hydrogen-bond donors (Lipinski definition) is 0. The summed E-state index contributed by atoms with van der Waals surface area (Å²) >= 11 is 1.47. The molecule has 0 bridgehead atoms. The lowest BCUT2D eigenvalue weighted by atomic mass is 10.2. The van der Waals surface area contributed by atoms with Crippen molar-refractivity contribution >= 4 is 21.7 Å². The summed E-state index contributed by atoms with van der Waals surface area (Å²) in [4.78, 5) is 15.5. The van der Waals surface area contributed by atoms with Crippen LogP contribution in [0.15, 0.2) is 18.2 Å². The topological polar surface area (TPSA) is 51.1 Å². The lowest BCUT2D eigenvalue weighted by molar-refractivity contribution is 0.180. The van der Waals surface area contributed by atoms with Gasteiger partial charge in [0.2, 0.25) is 0 Å². The van der Waals surface area contributed by atoms with Gasteiger partial charge in [0, 0.05) is 36.6 Å². The number of aromatic nitrogens is 3. The number of ether oxygens (including phenoxy) is 1. The summed E-state index contributed by atoms with van der Waals surface area (Å²) in [5.41, 5.74) is 3.00. The molecule has 7 heteroatoms. The highest BCUT2D eigenvalue weighted by Gasteiger charge is 2.30. The first-order chi connectivity index (χ1) is 12.9. The quantitative estimate of drug-likeness (QED) is 0.667. The summed E-state index contributed by atoms with van der Waals surface area (Å²) in [6.07, 6.45) is 0.992. The van der Waals surface area contributed by atoms with Crippen molar-refractivity contribution in [1.82, 2.24) is 19.9 Å². The lowest BCUT2D eigenvalue weighted by Gasteiger charge is -2.24. The minimum Gasteiger partial charge on any atom is -0.489 e. The summed E-state index contributed by atoms with van der Waals surface area (Å²) in [5, 5.41) is 0.902. The van der Waals surface area contributed by atoms with Crippen molar-refractivity contribution in [3.8, 4) is 5.75 Å². The smallest absolute Gasteiger partial charge is 0.171 e. The summed E-state index contributed by atoms with van der Waals surface area (Å²) in [5.74, 6) is 0.589. The van der Waals surface area contributed by atoms with E-state index in [1.54, 1.807) is 6.07 Å². The minimum absolute atomic E-state index is 0.0851. The average molecular weight is 386 g/mol. The zero-order valence-corrected chi connectivity index (χ0v) is 16.8. The van der Waals surface area contributed by atoms with Gasteiger partial charge in [0.05, 0.1) is 21.4 Å². The SMILES string of the molecule is Cc1cc(O[C@@H]2CCN(C(C)c3nc4nc(C)sc4cc3F)C2)cc(C)n1. The summed E-state index contributed by atoms with van der Waals surface area (Å²) in [6.45, 7) is 9.44. The second kappa shape index (κ2) is 7.13. The van der Waals surface area contributed by atoms with Crippen LogP contribution in [-0.4, -0.2) is 39.0 Å². The largest absolute Gasteiger partial charge is 0.489 e. The molecule has 0 spiro atoms. The maximum absolute atomic E-state index is 14.6. The molecule has 142 valence electrons. The maximum Gasteiger partial charge on any atom is 0.171 e. The highest BCUT2D eigenvalue weighted by Crippen LogP contribution is 2.30. The Morgan fingerprint density at radius 3 is 2.63 bits per heavy atom. The molecule has 1 fully saturated rings. The van der Waals surface area contributed by atoms with Crippen molar-refractivity contribution in [1.29, 1.82) is 0 Å². The number of hydrogen-bond acceptors (Lipinski definition) is 6. The van der Waals surface area contributed by atoms with E-state index in [2.05, 4.69) is 19.9 Å². The first-order valence-corrected chi connectivity index (χ1v) is 10.0. The van der Waals surface area contributed by atoms with E-state index in [4.69, 9.17) is 4.74 Å². The number of nitrogens with zero attached hydrogens (tertiary/aromatic N) is 4. The van der Waals surface area contributed by atoms with E-state index in [1.165, 1.54) is 11.3 Å². The van der Waals surface area contributed by atoms with Crippen LogP contribution >= 0.6 is 11.3 Å². The molecule has 4 rings (SSSR count). The van der Waals surface area contributed by atoms with Gasteiger partial charge in [-0.2, -0.15) is 0 Å². The molecule has 1 aliphatic heterocycles. The fraction of sp³-hybridized carbons (Fsp3) is 0.450. The number of halogens is 1. The molecule has 0 radical (unpaired) electrons. The Balaban J connectivity index is 1.49. The van der Waals surface area contributed by atoms with Crippen LogP contribution in [0.1, 0.15) is 41.5 Å². The van der Waals surface area contributed by atoms with Gasteiger partial charge in [-0.3, -0.25) is 9.88 Å². The number of aryl methyl sites for hydroxylation is 3. The van der Waals surface area contributed by atoms with Gasteiger partial charge < -0.3 is 4.74 Å². The van der Waals surface area contributed by atoms with E-state index in [0.29, 0.717) is 11.3 Å². The zero-order chi connectivity index (χ0) is 19.1. The van der Waals surface area contributed by atoms with Crippen molar-refractivity contribution in [3.05, 3.63) is 46.1 Å². The van der Waals surface area contributed by atoms with Crippen molar-refractivity contribution in [2.45, 2.75) is 46.3 Å². The molecule has 0 saturated carbocycles. The van der Waals surface area contributed by atoms with Gasteiger partial charge >= 0.3 is 0 Å². The summed E-state index contributed by atoms with van der Waals surface area (Å²) in [6, 6.07) is 5.36. The number of pyridine rings is 2. The van der Waals surface area contributed by atoms with E-state index < -0.39 is 0 Å². The van der Waals surface area contributed by atoms with E-state index in [0.717, 1.165) is 46.4 Å². The highest BCUT2D eigenvalue weighted by atomic mass is 32.1. The normalized spacial score (nSPS) is 18.9. The molecule has 5 nitrogen and oxygen atoms in total. The van der Waals surface area contributed by atoms with Crippen LogP contribution in [-0.2, 0) is 0 Å². The predicted molar refractivity (Wildman–Crippen MR) is 105 cm³/mol. The molecule has 0 N–H and O–H groups in total. The third-order valence-electron chi connectivity index (χ3n) is 4.95. The fourth-order valence-electron chi connectivity index (χ4n) is 3.69. The molecular weight excluding hydrogens is 363 g/mol. The fourth-order valence-corrected chi connectivity index (χ4v) is 4.48. The monoisotopic (exact) mass is 386 g/mol. The Kier molecular flexibility index (Phi) is 4.82. The molecule has 3 aromatic rings. The number of rotatable bonds is 4. The van der Waals surface area contributed by atoms with Crippen LogP contribution < -0.4 is 4.74 Å². The molecule has 2 atom stereocenters. The number of likely N-dealkylation sites (tertiary alicyclic amines) is 1. The van der Waals surface area contributed by atoms with Gasteiger partial charge in [0.15, 0.2) is 5.65 Å². The van der Waals surface area contributed by atoms with Gasteiger partial charge in [0.1, 0.15) is 17.7 Å². The lowest BCUT2D eigenvalue weighted by Crippen LogP contribution is -2.28. The highest BCUT2D eigenvalue weighted by molar-refractivity contribution is 7.18. The standard InChI is InChI=1S/C20H23FN4OS/c1-11-7-16(8-12(2)22-11)26-15-5-6-25(10-15)13(3)19-17(21)9-18-20(24-19)23-14(4)27-18/h7-9,13,15H,5-6,10H2,1-4H3/t13?,15-/m1/s1. The Morgan fingerprint density at radius 1 is 1.15 bits per heavy atom. The van der Waals surface area contributed by atoms with Crippen LogP contribution in [0.5, 0.6) is 5.75 Å². The van der Waals surface area contributed by atoms with Crippen molar-refractivity contribution in [3.63, 3.8) is 0 Å². The van der Waals surface area contributed by atoms with Crippen LogP contribution in [0, 0.1) is 26.6 Å². The van der Waals surface area contributed by atoms with Crippen molar-refractivity contribution in [2.24, 2.45) is 0 Å². The molecule has 1 saturated heterocycles. The third kappa shape index (κ3) is 3.80. The van der Waals surface area contributed by atoms with Crippen molar-refractivity contribution in [2.75, 3.05) is 13.1 Å². The van der Waals surface area contributed by atoms with Crippen molar-refractivity contribution < 1.29 is 9.13 Å². The van der Waals surface area contributed by atoms with Crippen LogP contribution in [0.25, 0.3) is 10.3 Å². The second-order valence-corrected chi connectivity index (χ2v) is 8.43. The minimum atomic E-state index is -0.261. The number of fused-ring (bicyclic) bond motifs is 1. The third-order valence-corrected chi connectivity index (χ3v) is 5.85. The zero-order valence-electron chi connectivity index (χ0n) is 16.0. The Morgan fingerprint density at radius 2 is 1.89 bits per heavy atom. The molecule has 3 aromatic heterocycles. The number of thiazole rings is 1. The van der Waals surface area contributed by atoms with E-state index in [1.807, 2.05) is 39.8 Å². The van der Waals surface area contributed by atoms with E-state index in [-0.39, 0.29) is 18.0 Å². The van der Waals surface area contributed by atoms with Gasteiger partial charge in [-0.1, -0.05) is 0 Å². The predicted octanol–water partition coefficient (Wildman–Crippen LogP) is 4.36. The molecule has 1 aliphatic rings. The van der Waals surface area contributed by atoms with Crippen LogP contribution in [0.4, 0.5) is 4.39 Å². The van der Waals surface area contributed by atoms with E-state index in [9.17, 15) is 4.39 Å². The van der Waals surface area contributed by atoms with Crippen LogP contribution in [0.3, 0.4) is 0 Å². The van der Waals surface area contributed by atoms with Gasteiger partial charge in [-0.25, -0.2) is 14.4 Å². The molecule has 0 aliphatic carbocycles. The Hall–Kier alpha value is -2.12. The maximum atomic E-state index is 14.6. The first-order valence-electron chi connectivity index (χ1n) is 9.18. The van der Waals surface area contributed by atoms with Gasteiger partial charge in [-0.05, 0) is 40.2 Å². The first kappa shape index (κ1) is 18.3. The van der Waals surface area contributed by atoms with Gasteiger partial charge in [0.25, 0.3) is 0 Å². The molecule has 27 heavy (non-hydrogen) atoms. The Labute approximate surface area is 162 Å².